The van der Waals surface area contributed by atoms with Gasteiger partial charge in [-0.3, -0.25) is 14.6 Å². The average molecular weight is 393 g/mol. The van der Waals surface area contributed by atoms with Crippen LogP contribution in [0.15, 0.2) is 60.8 Å². The lowest BCUT2D eigenvalue weighted by molar-refractivity contribution is 0.0950. The molecule has 0 atom stereocenters. The fraction of sp³-hybridized carbons (Fsp3) is 0.0952. The third-order valence-electron chi connectivity index (χ3n) is 4.25. The van der Waals surface area contributed by atoms with Crippen molar-refractivity contribution in [1.29, 1.82) is 0 Å². The fourth-order valence-corrected chi connectivity index (χ4v) is 2.75. The molecule has 8 heteroatoms. The van der Waals surface area contributed by atoms with Gasteiger partial charge in [0.25, 0.3) is 11.8 Å². The van der Waals surface area contributed by atoms with Crippen LogP contribution in [0.5, 0.6) is 11.5 Å². The molecule has 0 aliphatic carbocycles. The number of benzene rings is 2. The van der Waals surface area contributed by atoms with E-state index in [1.807, 2.05) is 0 Å². The van der Waals surface area contributed by atoms with E-state index in [9.17, 15) is 14.0 Å². The molecule has 2 amide bonds. The van der Waals surface area contributed by atoms with Gasteiger partial charge in [-0.2, -0.15) is 0 Å². The van der Waals surface area contributed by atoms with E-state index in [1.165, 1.54) is 30.5 Å². The summed E-state index contributed by atoms with van der Waals surface area (Å²) in [7, 11) is 0. The van der Waals surface area contributed by atoms with Crippen LogP contribution in [0.4, 0.5) is 10.1 Å². The highest BCUT2D eigenvalue weighted by atomic mass is 19.1. The van der Waals surface area contributed by atoms with E-state index >= 15 is 0 Å². The number of pyridine rings is 1. The maximum atomic E-state index is 12.9. The predicted molar refractivity (Wildman–Crippen MR) is 102 cm³/mol. The van der Waals surface area contributed by atoms with Crippen molar-refractivity contribution >= 4 is 17.5 Å². The highest BCUT2D eigenvalue weighted by molar-refractivity contribution is 6.04. The summed E-state index contributed by atoms with van der Waals surface area (Å²) in [6.45, 7) is 0.379. The van der Waals surface area contributed by atoms with Crippen LogP contribution in [-0.4, -0.2) is 23.6 Å². The molecule has 0 unspecified atom stereocenters. The molecule has 2 N–H and O–H groups in total. The van der Waals surface area contributed by atoms with Crippen molar-refractivity contribution in [3.05, 3.63) is 83.4 Å². The van der Waals surface area contributed by atoms with Gasteiger partial charge >= 0.3 is 0 Å². The molecule has 0 saturated heterocycles. The van der Waals surface area contributed by atoms with Crippen molar-refractivity contribution < 1.29 is 23.5 Å². The Morgan fingerprint density at radius 2 is 1.76 bits per heavy atom. The first-order valence-electron chi connectivity index (χ1n) is 8.78. The van der Waals surface area contributed by atoms with Crippen molar-refractivity contribution in [1.82, 2.24) is 10.3 Å². The number of halogens is 1. The molecule has 1 aliphatic rings. The number of hydrogen-bond donors (Lipinski definition) is 2. The Morgan fingerprint density at radius 3 is 2.59 bits per heavy atom. The molecule has 7 nitrogen and oxygen atoms in total. The smallest absolute Gasteiger partial charge is 0.274 e. The second-order valence-electron chi connectivity index (χ2n) is 6.26. The van der Waals surface area contributed by atoms with E-state index in [4.69, 9.17) is 9.47 Å². The van der Waals surface area contributed by atoms with Crippen molar-refractivity contribution in [2.45, 2.75) is 6.54 Å². The van der Waals surface area contributed by atoms with Crippen LogP contribution in [0.1, 0.15) is 26.4 Å². The summed E-state index contributed by atoms with van der Waals surface area (Å²) in [6, 6.07) is 13.8. The zero-order chi connectivity index (χ0) is 20.2. The number of carbonyl (C=O) groups is 2. The Kier molecular flexibility index (Phi) is 5.07. The number of nitrogens with zero attached hydrogens (tertiary/aromatic N) is 1. The zero-order valence-corrected chi connectivity index (χ0v) is 15.1. The topological polar surface area (TPSA) is 89.6 Å². The Hall–Kier alpha value is -3.94. The first-order chi connectivity index (χ1) is 14.1. The second-order valence-corrected chi connectivity index (χ2v) is 6.26. The van der Waals surface area contributed by atoms with Gasteiger partial charge in [0.1, 0.15) is 11.5 Å². The molecule has 0 spiro atoms. The predicted octanol–water partition coefficient (Wildman–Crippen LogP) is 3.13. The SMILES string of the molecule is O=C(NCc1ccc(F)cc1)c1ccnc(C(=O)Nc2ccc3c(c2)OCO3)c1. The van der Waals surface area contributed by atoms with Crippen LogP contribution in [0, 0.1) is 5.82 Å². The Morgan fingerprint density at radius 1 is 0.966 bits per heavy atom. The minimum atomic E-state index is -0.461. The molecule has 0 fully saturated rings. The van der Waals surface area contributed by atoms with Gasteiger partial charge in [-0.25, -0.2) is 4.39 Å². The van der Waals surface area contributed by atoms with E-state index in [0.29, 0.717) is 17.2 Å². The molecule has 0 bridgehead atoms. The minimum absolute atomic E-state index is 0.0945. The molecule has 4 rings (SSSR count). The molecule has 146 valence electrons. The summed E-state index contributed by atoms with van der Waals surface area (Å²) in [5, 5.41) is 5.44. The number of hydrogen-bond acceptors (Lipinski definition) is 5. The van der Waals surface area contributed by atoms with Gasteiger partial charge in [-0.15, -0.1) is 0 Å². The van der Waals surface area contributed by atoms with Crippen molar-refractivity contribution in [3.63, 3.8) is 0 Å². The highest BCUT2D eigenvalue weighted by Gasteiger charge is 2.16. The number of nitrogens with one attached hydrogen (secondary N) is 2. The maximum Gasteiger partial charge on any atom is 0.274 e. The maximum absolute atomic E-state index is 12.9. The molecule has 2 heterocycles. The number of fused-ring (bicyclic) bond motifs is 1. The molecular weight excluding hydrogens is 377 g/mol. The summed E-state index contributed by atoms with van der Waals surface area (Å²) in [5.74, 6) is -0.0103. The lowest BCUT2D eigenvalue weighted by atomic mass is 10.2. The molecule has 3 aromatic rings. The number of amides is 2. The number of rotatable bonds is 5. The van der Waals surface area contributed by atoms with Crippen LogP contribution in [0.3, 0.4) is 0 Å². The monoisotopic (exact) mass is 393 g/mol. The third kappa shape index (κ3) is 4.32. The molecule has 2 aromatic carbocycles. The first-order valence-corrected chi connectivity index (χ1v) is 8.78. The van der Waals surface area contributed by atoms with E-state index < -0.39 is 5.91 Å². The van der Waals surface area contributed by atoms with Gasteiger partial charge in [-0.05, 0) is 42.0 Å². The number of aromatic nitrogens is 1. The number of anilines is 1. The Labute approximate surface area is 165 Å². The molecule has 0 saturated carbocycles. The van der Waals surface area contributed by atoms with Gasteiger partial charge in [0.2, 0.25) is 6.79 Å². The van der Waals surface area contributed by atoms with Crippen LogP contribution in [-0.2, 0) is 6.54 Å². The largest absolute Gasteiger partial charge is 0.454 e. The molecular formula is C21H16FN3O4. The second kappa shape index (κ2) is 7.97. The van der Waals surface area contributed by atoms with Crippen molar-refractivity contribution in [2.75, 3.05) is 12.1 Å². The van der Waals surface area contributed by atoms with E-state index in [0.717, 1.165) is 5.56 Å². The summed E-state index contributed by atoms with van der Waals surface area (Å²) in [6.07, 6.45) is 1.39. The van der Waals surface area contributed by atoms with Crippen molar-refractivity contribution in [2.24, 2.45) is 0 Å². The Balaban J connectivity index is 1.41. The minimum Gasteiger partial charge on any atom is -0.454 e. The summed E-state index contributed by atoms with van der Waals surface area (Å²) < 4.78 is 23.5. The molecule has 1 aromatic heterocycles. The van der Waals surface area contributed by atoms with E-state index in [-0.39, 0.29) is 36.3 Å². The number of ether oxygens (including phenoxy) is 2. The number of carbonyl (C=O) groups excluding carboxylic acids is 2. The quantitative estimate of drug-likeness (QED) is 0.695. The first kappa shape index (κ1) is 18.4. The zero-order valence-electron chi connectivity index (χ0n) is 15.1. The lowest BCUT2D eigenvalue weighted by Gasteiger charge is -2.08. The van der Waals surface area contributed by atoms with Gasteiger partial charge in [0, 0.05) is 30.1 Å². The summed E-state index contributed by atoms with van der Waals surface area (Å²) in [4.78, 5) is 28.9. The Bertz CT molecular complexity index is 1070. The fourth-order valence-electron chi connectivity index (χ4n) is 2.75. The normalized spacial score (nSPS) is 11.8. The van der Waals surface area contributed by atoms with Crippen LogP contribution >= 0.6 is 0 Å². The van der Waals surface area contributed by atoms with Crippen LogP contribution in [0.25, 0.3) is 0 Å². The van der Waals surface area contributed by atoms with Gasteiger partial charge in [0.05, 0.1) is 0 Å². The van der Waals surface area contributed by atoms with Gasteiger partial charge in [0.15, 0.2) is 11.5 Å². The van der Waals surface area contributed by atoms with Gasteiger partial charge < -0.3 is 20.1 Å². The molecule has 1 aliphatic heterocycles. The third-order valence-corrected chi connectivity index (χ3v) is 4.25. The lowest BCUT2D eigenvalue weighted by Crippen LogP contribution is -2.23. The molecule has 0 radical (unpaired) electrons. The summed E-state index contributed by atoms with van der Waals surface area (Å²) >= 11 is 0. The van der Waals surface area contributed by atoms with Crippen LogP contribution in [0.2, 0.25) is 0 Å². The van der Waals surface area contributed by atoms with E-state index in [1.54, 1.807) is 30.3 Å². The highest BCUT2D eigenvalue weighted by Crippen LogP contribution is 2.34. The van der Waals surface area contributed by atoms with Crippen molar-refractivity contribution in [3.8, 4) is 11.5 Å². The standard InChI is InChI=1S/C21H16FN3O4/c22-15-3-1-13(2-4-15)11-24-20(26)14-7-8-23-17(9-14)21(27)25-16-5-6-18-19(10-16)29-12-28-18/h1-10H,11-12H2,(H,24,26)(H,25,27). The molecule has 29 heavy (non-hydrogen) atoms. The van der Waals surface area contributed by atoms with E-state index in [2.05, 4.69) is 15.6 Å². The average Bonchev–Trinajstić information content (AvgIpc) is 3.21. The van der Waals surface area contributed by atoms with Gasteiger partial charge in [-0.1, -0.05) is 12.1 Å². The summed E-state index contributed by atoms with van der Waals surface area (Å²) in [5.41, 5.74) is 1.66. The van der Waals surface area contributed by atoms with Crippen LogP contribution < -0.4 is 20.1 Å².